The van der Waals surface area contributed by atoms with Crippen molar-refractivity contribution < 1.29 is 9.13 Å². The summed E-state index contributed by atoms with van der Waals surface area (Å²) < 4.78 is 17.8. The van der Waals surface area contributed by atoms with Gasteiger partial charge in [0.2, 0.25) is 5.82 Å². The van der Waals surface area contributed by atoms with Crippen molar-refractivity contribution in [2.75, 3.05) is 0 Å². The minimum atomic E-state index is -0.295. The van der Waals surface area contributed by atoms with Gasteiger partial charge in [-0.2, -0.15) is 5.21 Å². The maximum absolute atomic E-state index is 12.5. The molecule has 0 aliphatic carbocycles. The summed E-state index contributed by atoms with van der Waals surface area (Å²) in [6.45, 7) is 0.210. The summed E-state index contributed by atoms with van der Waals surface area (Å²) >= 11 is 0. The molecule has 0 saturated carbocycles. The Kier molecular flexibility index (Phi) is 2.35. The van der Waals surface area contributed by atoms with E-state index in [0.717, 1.165) is 0 Å². The predicted octanol–water partition coefficient (Wildman–Crippen LogP) is 0.918. The van der Waals surface area contributed by atoms with Crippen LogP contribution in [0.2, 0.25) is 0 Å². The van der Waals surface area contributed by atoms with Gasteiger partial charge in [0.1, 0.15) is 11.6 Å². The third-order valence-electron chi connectivity index (χ3n) is 1.57. The van der Waals surface area contributed by atoms with E-state index in [-0.39, 0.29) is 12.4 Å². The smallest absolute Gasteiger partial charge is 0.211 e. The highest BCUT2D eigenvalue weighted by molar-refractivity contribution is 5.22. The van der Waals surface area contributed by atoms with Crippen molar-refractivity contribution in [3.8, 4) is 5.75 Å². The molecule has 0 bridgehead atoms. The number of nitrogens with one attached hydrogen (secondary N) is 1. The average Bonchev–Trinajstić information content (AvgIpc) is 2.70. The highest BCUT2D eigenvalue weighted by atomic mass is 19.1. The lowest BCUT2D eigenvalue weighted by Gasteiger charge is -2.01. The van der Waals surface area contributed by atoms with Crippen LogP contribution in [0.1, 0.15) is 5.82 Å². The van der Waals surface area contributed by atoms with Crippen LogP contribution in [0, 0.1) is 5.82 Å². The second-order valence-electron chi connectivity index (χ2n) is 2.57. The third kappa shape index (κ3) is 2.03. The molecule has 2 rings (SSSR count). The maximum atomic E-state index is 12.5. The lowest BCUT2D eigenvalue weighted by molar-refractivity contribution is 0.295. The van der Waals surface area contributed by atoms with E-state index in [1.807, 2.05) is 0 Å². The molecule has 0 aliphatic heterocycles. The Morgan fingerprint density at radius 3 is 2.71 bits per heavy atom. The zero-order chi connectivity index (χ0) is 9.80. The van der Waals surface area contributed by atoms with Gasteiger partial charge in [-0.05, 0) is 24.3 Å². The van der Waals surface area contributed by atoms with Gasteiger partial charge in [0.25, 0.3) is 0 Å². The Labute approximate surface area is 78.9 Å². The fraction of sp³-hybridized carbons (Fsp3) is 0.125. The van der Waals surface area contributed by atoms with E-state index in [2.05, 4.69) is 20.6 Å². The Balaban J connectivity index is 1.95. The van der Waals surface area contributed by atoms with E-state index in [1.54, 1.807) is 0 Å². The number of hydrogen-bond acceptors (Lipinski definition) is 4. The molecular formula is C8H7FN4O. The molecule has 72 valence electrons. The van der Waals surface area contributed by atoms with Crippen LogP contribution >= 0.6 is 0 Å². The minimum absolute atomic E-state index is 0.210. The number of halogens is 1. The molecule has 0 amide bonds. The number of H-pyrrole nitrogens is 1. The van der Waals surface area contributed by atoms with Crippen LogP contribution in [0.4, 0.5) is 4.39 Å². The van der Waals surface area contributed by atoms with Crippen molar-refractivity contribution >= 4 is 0 Å². The third-order valence-corrected chi connectivity index (χ3v) is 1.57. The lowest BCUT2D eigenvalue weighted by Crippen LogP contribution is -1.97. The fourth-order valence-corrected chi connectivity index (χ4v) is 0.922. The van der Waals surface area contributed by atoms with Crippen LogP contribution < -0.4 is 4.74 Å². The number of ether oxygens (including phenoxy) is 1. The highest BCUT2D eigenvalue weighted by Gasteiger charge is 1.99. The van der Waals surface area contributed by atoms with Crippen LogP contribution in [0.3, 0.4) is 0 Å². The van der Waals surface area contributed by atoms with Crippen molar-refractivity contribution in [2.24, 2.45) is 0 Å². The van der Waals surface area contributed by atoms with Crippen LogP contribution in [0.5, 0.6) is 5.75 Å². The summed E-state index contributed by atoms with van der Waals surface area (Å²) in [4.78, 5) is 0. The molecule has 1 N–H and O–H groups in total. The number of hydrogen-bond donors (Lipinski definition) is 1. The second kappa shape index (κ2) is 3.82. The SMILES string of the molecule is Fc1ccc(OCc2nn[nH]n2)cc1. The first-order valence-electron chi connectivity index (χ1n) is 3.95. The predicted molar refractivity (Wildman–Crippen MR) is 44.9 cm³/mol. The number of benzene rings is 1. The van der Waals surface area contributed by atoms with Gasteiger partial charge in [0, 0.05) is 0 Å². The van der Waals surface area contributed by atoms with Gasteiger partial charge in [-0.25, -0.2) is 4.39 Å². The number of aromatic amines is 1. The van der Waals surface area contributed by atoms with E-state index in [4.69, 9.17) is 4.74 Å². The summed E-state index contributed by atoms with van der Waals surface area (Å²) in [5, 5.41) is 13.1. The van der Waals surface area contributed by atoms with Gasteiger partial charge < -0.3 is 4.74 Å². The molecule has 0 aliphatic rings. The Bertz CT molecular complexity index is 386. The van der Waals surface area contributed by atoms with E-state index < -0.39 is 0 Å². The topological polar surface area (TPSA) is 63.7 Å². The molecule has 0 unspecified atom stereocenters. The standard InChI is InChI=1S/C8H7FN4O/c9-6-1-3-7(4-2-6)14-5-8-10-12-13-11-8/h1-4H,5H2,(H,10,11,12,13). The van der Waals surface area contributed by atoms with Gasteiger partial charge >= 0.3 is 0 Å². The van der Waals surface area contributed by atoms with Crippen LogP contribution in [0.25, 0.3) is 0 Å². The lowest BCUT2D eigenvalue weighted by atomic mass is 10.3. The summed E-state index contributed by atoms with van der Waals surface area (Å²) in [5.74, 6) is 0.724. The van der Waals surface area contributed by atoms with Crippen molar-refractivity contribution in [1.82, 2.24) is 20.6 Å². The number of rotatable bonds is 3. The Hall–Kier alpha value is -1.98. The Morgan fingerprint density at radius 1 is 1.29 bits per heavy atom. The first-order valence-corrected chi connectivity index (χ1v) is 3.95. The first kappa shape index (κ1) is 8.61. The second-order valence-corrected chi connectivity index (χ2v) is 2.57. The molecule has 6 heteroatoms. The molecule has 1 heterocycles. The number of nitrogens with zero attached hydrogens (tertiary/aromatic N) is 3. The quantitative estimate of drug-likeness (QED) is 0.789. The van der Waals surface area contributed by atoms with Gasteiger partial charge in [0.05, 0.1) is 0 Å². The fourth-order valence-electron chi connectivity index (χ4n) is 0.922. The Morgan fingerprint density at radius 2 is 2.07 bits per heavy atom. The average molecular weight is 194 g/mol. The van der Waals surface area contributed by atoms with E-state index >= 15 is 0 Å². The maximum Gasteiger partial charge on any atom is 0.211 e. The van der Waals surface area contributed by atoms with E-state index in [9.17, 15) is 4.39 Å². The van der Waals surface area contributed by atoms with Gasteiger partial charge in [-0.15, -0.1) is 10.2 Å². The first-order chi connectivity index (χ1) is 6.84. The van der Waals surface area contributed by atoms with Crippen molar-refractivity contribution in [3.63, 3.8) is 0 Å². The van der Waals surface area contributed by atoms with Crippen LogP contribution in [-0.2, 0) is 6.61 Å². The molecule has 0 fully saturated rings. The number of aromatic nitrogens is 4. The molecule has 1 aromatic heterocycles. The molecule has 2 aromatic rings. The molecule has 0 radical (unpaired) electrons. The van der Waals surface area contributed by atoms with Crippen molar-refractivity contribution in [2.45, 2.75) is 6.61 Å². The molecule has 0 atom stereocenters. The summed E-state index contributed by atoms with van der Waals surface area (Å²) in [5.41, 5.74) is 0. The summed E-state index contributed by atoms with van der Waals surface area (Å²) in [6.07, 6.45) is 0. The molecule has 0 saturated heterocycles. The van der Waals surface area contributed by atoms with Crippen molar-refractivity contribution in [1.29, 1.82) is 0 Å². The van der Waals surface area contributed by atoms with Gasteiger partial charge in [-0.1, -0.05) is 5.21 Å². The monoisotopic (exact) mass is 194 g/mol. The van der Waals surface area contributed by atoms with Crippen LogP contribution in [-0.4, -0.2) is 20.6 Å². The normalized spacial score (nSPS) is 10.1. The minimum Gasteiger partial charge on any atom is -0.485 e. The van der Waals surface area contributed by atoms with Crippen LogP contribution in [0.15, 0.2) is 24.3 Å². The molecule has 0 spiro atoms. The zero-order valence-electron chi connectivity index (χ0n) is 7.14. The molecule has 5 nitrogen and oxygen atoms in total. The van der Waals surface area contributed by atoms with Gasteiger partial charge in [0.15, 0.2) is 6.61 Å². The van der Waals surface area contributed by atoms with E-state index in [1.165, 1.54) is 24.3 Å². The van der Waals surface area contributed by atoms with E-state index in [0.29, 0.717) is 11.6 Å². The molecular weight excluding hydrogens is 187 g/mol. The summed E-state index contributed by atoms with van der Waals surface area (Å²) in [6, 6.07) is 5.72. The highest BCUT2D eigenvalue weighted by Crippen LogP contribution is 2.11. The molecule has 1 aromatic carbocycles. The zero-order valence-corrected chi connectivity index (χ0v) is 7.14. The molecule has 14 heavy (non-hydrogen) atoms. The largest absolute Gasteiger partial charge is 0.485 e. The van der Waals surface area contributed by atoms with Gasteiger partial charge in [-0.3, -0.25) is 0 Å². The summed E-state index contributed by atoms with van der Waals surface area (Å²) in [7, 11) is 0. The number of tetrazole rings is 1. The van der Waals surface area contributed by atoms with Crippen molar-refractivity contribution in [3.05, 3.63) is 35.9 Å².